The number of fused-ring (bicyclic) bond motifs is 1. The van der Waals surface area contributed by atoms with Crippen LogP contribution in [0, 0.1) is 13.8 Å². The number of benzene rings is 2. The topological polar surface area (TPSA) is 79.6 Å². The van der Waals surface area contributed by atoms with E-state index >= 15 is 0 Å². The molecule has 0 fully saturated rings. The average molecular weight is 372 g/mol. The van der Waals surface area contributed by atoms with Crippen molar-refractivity contribution in [2.24, 2.45) is 0 Å². The number of rotatable bonds is 4. The molecule has 0 saturated heterocycles. The smallest absolute Gasteiger partial charge is 0.235 e. The molecule has 0 saturated carbocycles. The fourth-order valence-corrected chi connectivity index (χ4v) is 2.69. The number of halogens is 1. The highest BCUT2D eigenvalue weighted by atomic mass is 35.5. The Bertz CT molecular complexity index is 1050. The largest absolute Gasteiger partial charge is 0.546 e. The lowest BCUT2D eigenvalue weighted by Crippen LogP contribution is -2.38. The molecule has 0 N–H and O–H groups in total. The van der Waals surface area contributed by atoms with Crippen LogP contribution in [0.2, 0.25) is 5.02 Å². The Morgan fingerprint density at radius 3 is 2.46 bits per heavy atom. The summed E-state index contributed by atoms with van der Waals surface area (Å²) in [5.41, 5.74) is 2.25. The summed E-state index contributed by atoms with van der Waals surface area (Å²) in [4.78, 5) is 24.0. The predicted octanol–water partition coefficient (Wildman–Crippen LogP) is 3.25. The molecule has 0 aliphatic rings. The third-order valence-corrected chi connectivity index (χ3v) is 4.48. The normalized spacial score (nSPS) is 12.2. The molecule has 0 bridgehead atoms. The second-order valence-electron chi connectivity index (χ2n) is 6.13. The summed E-state index contributed by atoms with van der Waals surface area (Å²) in [6.07, 6.45) is -1.32. The zero-order valence-corrected chi connectivity index (χ0v) is 15.2. The van der Waals surface area contributed by atoms with Crippen LogP contribution in [0.3, 0.4) is 0 Å². The second-order valence-corrected chi connectivity index (χ2v) is 6.54. The van der Waals surface area contributed by atoms with Gasteiger partial charge in [-0.25, -0.2) is 0 Å². The van der Waals surface area contributed by atoms with Crippen molar-refractivity contribution in [2.45, 2.75) is 26.9 Å². The lowest BCUT2D eigenvalue weighted by molar-refractivity contribution is -0.312. The van der Waals surface area contributed by atoms with Gasteiger partial charge in [-0.1, -0.05) is 41.4 Å². The zero-order chi connectivity index (χ0) is 19.0. The highest BCUT2D eigenvalue weighted by Crippen LogP contribution is 2.33. The lowest BCUT2D eigenvalue weighted by atomic mass is 10.1. The van der Waals surface area contributed by atoms with E-state index in [9.17, 15) is 14.7 Å². The SMILES string of the molecule is Cc1ccc(-c2oc3cc(C)c(Cl)cc3c(=O)c2O[C@@H](C)C(=O)[O-])cc1. The van der Waals surface area contributed by atoms with Gasteiger partial charge in [-0.05, 0) is 38.5 Å². The van der Waals surface area contributed by atoms with Crippen molar-refractivity contribution in [1.82, 2.24) is 0 Å². The lowest BCUT2D eigenvalue weighted by Gasteiger charge is -2.17. The van der Waals surface area contributed by atoms with Crippen LogP contribution in [0.5, 0.6) is 5.75 Å². The number of aryl methyl sites for hydroxylation is 2. The van der Waals surface area contributed by atoms with Crippen LogP contribution in [0.1, 0.15) is 18.1 Å². The Morgan fingerprint density at radius 2 is 1.85 bits per heavy atom. The second kappa shape index (κ2) is 6.84. The molecular formula is C20H16ClO5-. The maximum absolute atomic E-state index is 13.0. The summed E-state index contributed by atoms with van der Waals surface area (Å²) in [6.45, 7) is 5.02. The van der Waals surface area contributed by atoms with Crippen LogP contribution in [0.15, 0.2) is 45.6 Å². The van der Waals surface area contributed by atoms with Crippen LogP contribution in [-0.4, -0.2) is 12.1 Å². The molecule has 0 aliphatic carbocycles. The van der Waals surface area contributed by atoms with Crippen molar-refractivity contribution in [3.63, 3.8) is 0 Å². The van der Waals surface area contributed by atoms with E-state index in [0.717, 1.165) is 11.1 Å². The summed E-state index contributed by atoms with van der Waals surface area (Å²) in [6, 6.07) is 10.4. The van der Waals surface area contributed by atoms with Gasteiger partial charge in [0.1, 0.15) is 11.7 Å². The molecule has 1 heterocycles. The van der Waals surface area contributed by atoms with Gasteiger partial charge in [0, 0.05) is 10.6 Å². The Balaban J connectivity index is 2.32. The molecule has 0 aliphatic heterocycles. The summed E-state index contributed by atoms with van der Waals surface area (Å²) in [5.74, 6) is -1.45. The van der Waals surface area contributed by atoms with E-state index in [2.05, 4.69) is 0 Å². The predicted molar refractivity (Wildman–Crippen MR) is 97.5 cm³/mol. The monoisotopic (exact) mass is 371 g/mol. The standard InChI is InChI=1S/C20H17ClO5/c1-10-4-6-13(7-5-10)18-19(25-12(3)20(23)24)17(22)14-9-15(21)11(2)8-16(14)26-18/h4-9,12H,1-3H3,(H,23,24)/p-1/t12-/m0/s1. The first kappa shape index (κ1) is 18.0. The van der Waals surface area contributed by atoms with E-state index in [1.165, 1.54) is 13.0 Å². The van der Waals surface area contributed by atoms with Crippen molar-refractivity contribution in [2.75, 3.05) is 0 Å². The zero-order valence-electron chi connectivity index (χ0n) is 14.5. The quantitative estimate of drug-likeness (QED) is 0.703. The van der Waals surface area contributed by atoms with E-state index < -0.39 is 17.5 Å². The number of hydrogen-bond acceptors (Lipinski definition) is 5. The molecule has 0 spiro atoms. The Morgan fingerprint density at radius 1 is 1.19 bits per heavy atom. The molecule has 1 aromatic heterocycles. The van der Waals surface area contributed by atoms with Gasteiger partial charge < -0.3 is 19.1 Å². The van der Waals surface area contributed by atoms with Crippen LogP contribution >= 0.6 is 11.6 Å². The van der Waals surface area contributed by atoms with Gasteiger partial charge in [0.05, 0.1) is 11.4 Å². The van der Waals surface area contributed by atoms with Gasteiger partial charge in [-0.2, -0.15) is 0 Å². The summed E-state index contributed by atoms with van der Waals surface area (Å²) in [5, 5.41) is 11.7. The maximum Gasteiger partial charge on any atom is 0.235 e. The molecule has 1 atom stereocenters. The molecule has 3 rings (SSSR count). The van der Waals surface area contributed by atoms with E-state index in [1.54, 1.807) is 25.1 Å². The molecule has 134 valence electrons. The van der Waals surface area contributed by atoms with Gasteiger partial charge in [-0.3, -0.25) is 4.79 Å². The Hall–Kier alpha value is -2.79. The third kappa shape index (κ3) is 3.30. The molecule has 0 unspecified atom stereocenters. The van der Waals surface area contributed by atoms with Gasteiger partial charge >= 0.3 is 0 Å². The van der Waals surface area contributed by atoms with Crippen LogP contribution in [0.4, 0.5) is 0 Å². The maximum atomic E-state index is 13.0. The number of carbonyl (C=O) groups is 1. The highest BCUT2D eigenvalue weighted by molar-refractivity contribution is 6.32. The number of hydrogen-bond donors (Lipinski definition) is 0. The number of ether oxygens (including phenoxy) is 1. The van der Waals surface area contributed by atoms with Gasteiger partial charge in [-0.15, -0.1) is 0 Å². The molecule has 6 heteroatoms. The third-order valence-electron chi connectivity index (χ3n) is 4.07. The van der Waals surface area contributed by atoms with E-state index in [-0.39, 0.29) is 16.9 Å². The molecular weight excluding hydrogens is 356 g/mol. The molecule has 0 amide bonds. The van der Waals surface area contributed by atoms with E-state index in [4.69, 9.17) is 20.8 Å². The molecule has 3 aromatic rings. The summed E-state index contributed by atoms with van der Waals surface area (Å²) in [7, 11) is 0. The first-order valence-electron chi connectivity index (χ1n) is 7.99. The number of carboxylic acids is 1. The van der Waals surface area contributed by atoms with Crippen LogP contribution < -0.4 is 15.3 Å². The fourth-order valence-electron chi connectivity index (χ4n) is 2.53. The van der Waals surface area contributed by atoms with Gasteiger partial charge in [0.15, 0.2) is 5.76 Å². The van der Waals surface area contributed by atoms with Crippen molar-refractivity contribution in [3.8, 4) is 17.1 Å². The minimum atomic E-state index is -1.43. The van der Waals surface area contributed by atoms with Crippen molar-refractivity contribution >= 4 is 28.5 Å². The number of aliphatic carboxylic acids is 1. The van der Waals surface area contributed by atoms with Crippen molar-refractivity contribution < 1.29 is 19.1 Å². The first-order valence-corrected chi connectivity index (χ1v) is 8.37. The number of carboxylic acid groups (broad SMARTS) is 1. The summed E-state index contributed by atoms with van der Waals surface area (Å²) >= 11 is 6.12. The molecule has 0 radical (unpaired) electrons. The van der Waals surface area contributed by atoms with Crippen molar-refractivity contribution in [1.29, 1.82) is 0 Å². The highest BCUT2D eigenvalue weighted by Gasteiger charge is 2.21. The minimum Gasteiger partial charge on any atom is -0.546 e. The minimum absolute atomic E-state index is 0.164. The number of carbonyl (C=O) groups excluding carboxylic acids is 1. The first-order chi connectivity index (χ1) is 12.3. The van der Waals surface area contributed by atoms with Gasteiger partial charge in [0.2, 0.25) is 11.2 Å². The molecule has 5 nitrogen and oxygen atoms in total. The summed E-state index contributed by atoms with van der Waals surface area (Å²) < 4.78 is 11.3. The van der Waals surface area contributed by atoms with Crippen LogP contribution in [-0.2, 0) is 4.79 Å². The molecule has 26 heavy (non-hydrogen) atoms. The van der Waals surface area contributed by atoms with E-state index in [0.29, 0.717) is 16.2 Å². The van der Waals surface area contributed by atoms with Crippen molar-refractivity contribution in [3.05, 3.63) is 62.8 Å². The van der Waals surface area contributed by atoms with Crippen LogP contribution in [0.25, 0.3) is 22.3 Å². The average Bonchev–Trinajstić information content (AvgIpc) is 2.59. The fraction of sp³-hybridized carbons (Fsp3) is 0.200. The van der Waals surface area contributed by atoms with Gasteiger partial charge in [0.25, 0.3) is 0 Å². The Labute approximate surface area is 154 Å². The molecule has 2 aromatic carbocycles. The Kier molecular flexibility index (Phi) is 4.74. The van der Waals surface area contributed by atoms with E-state index in [1.807, 2.05) is 19.1 Å².